The van der Waals surface area contributed by atoms with Crippen molar-refractivity contribution in [3.63, 3.8) is 0 Å². The van der Waals surface area contributed by atoms with Gasteiger partial charge < -0.3 is 14.6 Å². The fraction of sp³-hybridized carbons (Fsp3) is 0.250. The van der Waals surface area contributed by atoms with Crippen molar-refractivity contribution in [2.24, 2.45) is 5.14 Å². The normalized spacial score (nSPS) is 11.3. The second kappa shape index (κ2) is 12.3. The number of carboxylic acids is 1. The maximum absolute atomic E-state index is 11.7. The molecule has 0 radical (unpaired) electrons. The molecule has 186 valence electrons. The van der Waals surface area contributed by atoms with Gasteiger partial charge >= 0.3 is 12.0 Å². The zero-order chi connectivity index (χ0) is 25.4. The topological polar surface area (TPSA) is 180 Å². The largest absolute Gasteiger partial charge is 0.475 e. The Morgan fingerprint density at radius 2 is 1.69 bits per heavy atom. The molecule has 1 aromatic carbocycles. The molecule has 2 heterocycles. The van der Waals surface area contributed by atoms with E-state index in [1.807, 2.05) is 12.1 Å². The van der Waals surface area contributed by atoms with E-state index in [9.17, 15) is 18.3 Å². The molecule has 0 bridgehead atoms. The van der Waals surface area contributed by atoms with E-state index < -0.39 is 22.0 Å². The van der Waals surface area contributed by atoms with Crippen molar-refractivity contribution in [2.75, 3.05) is 19.8 Å². The molecule has 0 amide bonds. The van der Waals surface area contributed by atoms with Crippen LogP contribution in [0.15, 0.2) is 45.6 Å². The molecule has 0 fully saturated rings. The number of nitrogens with one attached hydrogen (secondary N) is 1. The Labute approximate surface area is 217 Å². The Morgan fingerprint density at radius 1 is 1.03 bits per heavy atom. The summed E-state index contributed by atoms with van der Waals surface area (Å²) in [6.45, 7) is 0.134. The minimum Gasteiger partial charge on any atom is -0.475 e. The number of hydrogen-bond acceptors (Lipinski definition) is 9. The Bertz CT molecular complexity index is 1280. The van der Waals surface area contributed by atoms with Crippen molar-refractivity contribution in [1.82, 2.24) is 24.7 Å². The van der Waals surface area contributed by atoms with Crippen LogP contribution in [-0.2, 0) is 16.6 Å². The molecule has 3 rings (SSSR count). The number of nitrogens with two attached hydrogens (primary N) is 1. The lowest BCUT2D eigenvalue weighted by atomic mass is 10.0. The first kappa shape index (κ1) is 26.9. The predicted octanol–water partition coefficient (Wildman–Crippen LogP) is 2.34. The van der Waals surface area contributed by atoms with Crippen molar-refractivity contribution >= 4 is 48.0 Å². The SMILES string of the molecule is NS(=O)(=O)NCCCc1nc(C(=O)O)nc(OCCOc2ncc(Br)cn2)c1-c1ccc(Br)cc1. The molecule has 0 atom stereocenters. The van der Waals surface area contributed by atoms with Gasteiger partial charge in [0.05, 0.1) is 15.7 Å². The highest BCUT2D eigenvalue weighted by Gasteiger charge is 2.21. The van der Waals surface area contributed by atoms with Gasteiger partial charge in [-0.1, -0.05) is 28.1 Å². The lowest BCUT2D eigenvalue weighted by Crippen LogP contribution is -2.31. The molecule has 0 saturated heterocycles. The van der Waals surface area contributed by atoms with Crippen LogP contribution in [-0.4, -0.2) is 59.2 Å². The standard InChI is InChI=1S/C20H20Br2N6O6S/c21-13-5-3-12(4-6-13)16-15(2-1-7-26-35(23,31)32)27-17(19(29)30)28-18(16)33-8-9-34-20-24-10-14(22)11-25-20/h3-6,10-11,26H,1-2,7-9H2,(H,29,30)(H2,23,31,32). The van der Waals surface area contributed by atoms with Gasteiger partial charge in [-0.2, -0.15) is 13.4 Å². The molecule has 15 heteroatoms. The van der Waals surface area contributed by atoms with Gasteiger partial charge in [0, 0.05) is 23.4 Å². The molecule has 4 N–H and O–H groups in total. The van der Waals surface area contributed by atoms with Gasteiger partial charge in [0.1, 0.15) is 13.2 Å². The summed E-state index contributed by atoms with van der Waals surface area (Å²) in [7, 11) is -3.85. The second-order valence-electron chi connectivity index (χ2n) is 6.91. The van der Waals surface area contributed by atoms with Gasteiger partial charge in [-0.05, 0) is 46.5 Å². The molecule has 35 heavy (non-hydrogen) atoms. The second-order valence-corrected chi connectivity index (χ2v) is 10.1. The molecule has 0 saturated carbocycles. The van der Waals surface area contributed by atoms with Crippen LogP contribution in [0.25, 0.3) is 11.1 Å². The summed E-state index contributed by atoms with van der Waals surface area (Å²) in [5, 5.41) is 14.5. The van der Waals surface area contributed by atoms with Crippen molar-refractivity contribution in [2.45, 2.75) is 12.8 Å². The fourth-order valence-electron chi connectivity index (χ4n) is 2.89. The molecule has 2 aromatic heterocycles. The highest BCUT2D eigenvalue weighted by Crippen LogP contribution is 2.33. The van der Waals surface area contributed by atoms with E-state index in [0.29, 0.717) is 27.7 Å². The monoisotopic (exact) mass is 630 g/mol. The van der Waals surface area contributed by atoms with Crippen molar-refractivity contribution in [1.29, 1.82) is 0 Å². The number of aryl methyl sites for hydroxylation is 1. The summed E-state index contributed by atoms with van der Waals surface area (Å²) in [6, 6.07) is 7.37. The highest BCUT2D eigenvalue weighted by atomic mass is 79.9. The molecular weight excluding hydrogens is 612 g/mol. The third-order valence-corrected chi connectivity index (χ3v) is 5.86. The zero-order valence-electron chi connectivity index (χ0n) is 18.0. The average Bonchev–Trinajstić information content (AvgIpc) is 2.80. The van der Waals surface area contributed by atoms with E-state index in [0.717, 1.165) is 4.47 Å². The molecule has 0 aliphatic heterocycles. The van der Waals surface area contributed by atoms with Crippen molar-refractivity contribution < 1.29 is 27.8 Å². The molecule has 3 aromatic rings. The first-order chi connectivity index (χ1) is 16.6. The molecule has 0 unspecified atom stereocenters. The maximum atomic E-state index is 11.7. The number of carboxylic acid groups (broad SMARTS) is 1. The van der Waals surface area contributed by atoms with Gasteiger partial charge in [-0.15, -0.1) is 0 Å². The summed E-state index contributed by atoms with van der Waals surface area (Å²) in [5.74, 6) is -1.73. The predicted molar refractivity (Wildman–Crippen MR) is 132 cm³/mol. The maximum Gasteiger partial charge on any atom is 0.374 e. The number of rotatable bonds is 12. The van der Waals surface area contributed by atoms with Crippen LogP contribution >= 0.6 is 31.9 Å². The number of aromatic carboxylic acids is 1. The van der Waals surface area contributed by atoms with E-state index in [4.69, 9.17) is 14.6 Å². The lowest BCUT2D eigenvalue weighted by Gasteiger charge is -2.16. The third-order valence-electron chi connectivity index (χ3n) is 4.32. The summed E-state index contributed by atoms with van der Waals surface area (Å²) >= 11 is 6.62. The number of benzene rings is 1. The lowest BCUT2D eigenvalue weighted by molar-refractivity contribution is 0.0681. The van der Waals surface area contributed by atoms with E-state index in [1.165, 1.54) is 12.4 Å². The number of aromatic nitrogens is 4. The molecule has 0 spiro atoms. The van der Waals surface area contributed by atoms with Crippen molar-refractivity contribution in [3.05, 3.63) is 57.1 Å². The van der Waals surface area contributed by atoms with Crippen LogP contribution in [0.1, 0.15) is 22.7 Å². The quantitative estimate of drug-likeness (QED) is 0.251. The van der Waals surface area contributed by atoms with Gasteiger partial charge in [-0.25, -0.2) is 29.6 Å². The van der Waals surface area contributed by atoms with E-state index >= 15 is 0 Å². The average molecular weight is 632 g/mol. The molecule has 12 nitrogen and oxygen atoms in total. The van der Waals surface area contributed by atoms with Gasteiger partial charge in [0.25, 0.3) is 10.2 Å². The van der Waals surface area contributed by atoms with E-state index in [1.54, 1.807) is 12.1 Å². The number of halogens is 2. The minimum absolute atomic E-state index is 0.0193. The van der Waals surface area contributed by atoms with Crippen LogP contribution < -0.4 is 19.3 Å². The number of nitrogens with zero attached hydrogens (tertiary/aromatic N) is 4. The fourth-order valence-corrected chi connectivity index (χ4v) is 3.79. The number of hydrogen-bond donors (Lipinski definition) is 3. The van der Waals surface area contributed by atoms with Gasteiger partial charge in [-0.3, -0.25) is 0 Å². The third kappa shape index (κ3) is 8.47. The summed E-state index contributed by atoms with van der Waals surface area (Å²) in [4.78, 5) is 27.9. The van der Waals surface area contributed by atoms with Crippen LogP contribution in [0.3, 0.4) is 0 Å². The molecule has 0 aliphatic rings. The number of carbonyl (C=O) groups is 1. The highest BCUT2D eigenvalue weighted by molar-refractivity contribution is 9.10. The summed E-state index contributed by atoms with van der Waals surface area (Å²) < 4.78 is 37.3. The van der Waals surface area contributed by atoms with E-state index in [2.05, 4.69) is 56.5 Å². The minimum atomic E-state index is -3.85. The smallest absolute Gasteiger partial charge is 0.374 e. The van der Waals surface area contributed by atoms with Gasteiger partial charge in [0.2, 0.25) is 11.7 Å². The summed E-state index contributed by atoms with van der Waals surface area (Å²) in [5.41, 5.74) is 1.55. The number of ether oxygens (including phenoxy) is 2. The Hall–Kier alpha value is -2.72. The Balaban J connectivity index is 1.86. The molecular formula is C20H20Br2N6O6S. The zero-order valence-corrected chi connectivity index (χ0v) is 22.0. The Morgan fingerprint density at radius 3 is 2.31 bits per heavy atom. The van der Waals surface area contributed by atoms with Crippen LogP contribution in [0, 0.1) is 0 Å². The van der Waals surface area contributed by atoms with Crippen LogP contribution in [0.4, 0.5) is 0 Å². The first-order valence-electron chi connectivity index (χ1n) is 10.0. The Kier molecular flexibility index (Phi) is 9.45. The van der Waals surface area contributed by atoms with E-state index in [-0.39, 0.29) is 38.1 Å². The van der Waals surface area contributed by atoms with Crippen molar-refractivity contribution in [3.8, 4) is 23.0 Å². The van der Waals surface area contributed by atoms with Crippen LogP contribution in [0.2, 0.25) is 0 Å². The molecule has 0 aliphatic carbocycles. The first-order valence-corrected chi connectivity index (χ1v) is 13.2. The van der Waals surface area contributed by atoms with Gasteiger partial charge in [0.15, 0.2) is 0 Å². The van der Waals surface area contributed by atoms with Crippen LogP contribution in [0.5, 0.6) is 11.9 Å². The summed E-state index contributed by atoms with van der Waals surface area (Å²) in [6.07, 6.45) is 3.61.